The Bertz CT molecular complexity index is 1050. The number of pyridine rings is 1. The van der Waals surface area contributed by atoms with Gasteiger partial charge in [-0.3, -0.25) is 9.59 Å². The molecule has 1 saturated carbocycles. The zero-order valence-corrected chi connectivity index (χ0v) is 16.3. The van der Waals surface area contributed by atoms with Gasteiger partial charge in [-0.05, 0) is 49.1 Å². The molecule has 0 bridgehead atoms. The Balaban J connectivity index is 1.76. The standard InChI is InChI=1S/C24H26N2O2/c1-17-8-7-11-20(14-17)26(24(28)18-9-3-2-4-10-18)16-19-15-23(27)25-22-13-6-5-12-21(19)22/h5-8,11-15,18H,2-4,9-10,16H2,1H3,(H,25,27). The van der Waals surface area contributed by atoms with E-state index in [1.165, 1.54) is 6.42 Å². The van der Waals surface area contributed by atoms with E-state index in [1.54, 1.807) is 6.07 Å². The molecular formula is C24H26N2O2. The van der Waals surface area contributed by atoms with Crippen molar-refractivity contribution in [3.8, 4) is 0 Å². The molecule has 3 aromatic rings. The second-order valence-corrected chi connectivity index (χ2v) is 7.80. The number of rotatable bonds is 4. The highest BCUT2D eigenvalue weighted by Crippen LogP contribution is 2.29. The Morgan fingerprint density at radius 3 is 2.61 bits per heavy atom. The molecule has 0 spiro atoms. The van der Waals surface area contributed by atoms with Crippen LogP contribution in [-0.4, -0.2) is 10.9 Å². The molecule has 1 aliphatic carbocycles. The summed E-state index contributed by atoms with van der Waals surface area (Å²) in [7, 11) is 0. The Kier molecular flexibility index (Phi) is 5.29. The van der Waals surface area contributed by atoms with Crippen LogP contribution in [0.15, 0.2) is 59.4 Å². The minimum absolute atomic E-state index is 0.0718. The van der Waals surface area contributed by atoms with Gasteiger partial charge in [0.05, 0.1) is 6.54 Å². The number of carbonyl (C=O) groups excluding carboxylic acids is 1. The van der Waals surface area contributed by atoms with Gasteiger partial charge in [0.1, 0.15) is 0 Å². The molecule has 2 aromatic carbocycles. The SMILES string of the molecule is Cc1cccc(N(Cc2cc(=O)[nH]c3ccccc23)C(=O)C2CCCCC2)c1. The van der Waals surface area contributed by atoms with Gasteiger partial charge in [-0.1, -0.05) is 49.6 Å². The van der Waals surface area contributed by atoms with Crippen molar-refractivity contribution in [3.63, 3.8) is 0 Å². The van der Waals surface area contributed by atoms with Crippen molar-refractivity contribution in [1.82, 2.24) is 4.98 Å². The van der Waals surface area contributed by atoms with Crippen LogP contribution in [0, 0.1) is 12.8 Å². The fourth-order valence-corrected chi connectivity index (χ4v) is 4.24. The summed E-state index contributed by atoms with van der Waals surface area (Å²) in [5, 5.41) is 0.983. The molecule has 0 unspecified atom stereocenters. The molecule has 1 aliphatic rings. The summed E-state index contributed by atoms with van der Waals surface area (Å²) in [5.74, 6) is 0.247. The number of amides is 1. The van der Waals surface area contributed by atoms with E-state index >= 15 is 0 Å². The third kappa shape index (κ3) is 3.86. The highest BCUT2D eigenvalue weighted by molar-refractivity contribution is 5.96. The van der Waals surface area contributed by atoms with Crippen LogP contribution in [0.3, 0.4) is 0 Å². The number of nitrogens with zero attached hydrogens (tertiary/aromatic N) is 1. The van der Waals surface area contributed by atoms with Crippen LogP contribution < -0.4 is 10.5 Å². The monoisotopic (exact) mass is 374 g/mol. The van der Waals surface area contributed by atoms with Crippen LogP contribution in [0.1, 0.15) is 43.2 Å². The van der Waals surface area contributed by atoms with Crippen LogP contribution >= 0.6 is 0 Å². The average Bonchev–Trinajstić information content (AvgIpc) is 2.72. The molecule has 4 nitrogen and oxygen atoms in total. The maximum absolute atomic E-state index is 13.5. The van der Waals surface area contributed by atoms with Crippen LogP contribution in [0.25, 0.3) is 10.9 Å². The minimum atomic E-state index is -0.136. The number of hydrogen-bond acceptors (Lipinski definition) is 2. The fourth-order valence-electron chi connectivity index (χ4n) is 4.24. The number of aryl methyl sites for hydroxylation is 1. The predicted octanol–water partition coefficient (Wildman–Crippen LogP) is 4.95. The van der Waals surface area contributed by atoms with Crippen molar-refractivity contribution in [1.29, 1.82) is 0 Å². The van der Waals surface area contributed by atoms with E-state index in [9.17, 15) is 9.59 Å². The lowest BCUT2D eigenvalue weighted by molar-refractivity contribution is -0.123. The normalized spacial score (nSPS) is 14.9. The predicted molar refractivity (Wildman–Crippen MR) is 114 cm³/mol. The fraction of sp³-hybridized carbons (Fsp3) is 0.333. The average molecular weight is 374 g/mol. The van der Waals surface area contributed by atoms with Crippen molar-refractivity contribution in [2.24, 2.45) is 5.92 Å². The van der Waals surface area contributed by atoms with Gasteiger partial charge >= 0.3 is 0 Å². The summed E-state index contributed by atoms with van der Waals surface area (Å²) in [4.78, 5) is 30.4. The Hall–Kier alpha value is -2.88. The minimum Gasteiger partial charge on any atom is -0.322 e. The first-order chi connectivity index (χ1) is 13.6. The van der Waals surface area contributed by atoms with Crippen molar-refractivity contribution in [3.05, 3.63) is 76.1 Å². The summed E-state index contributed by atoms with van der Waals surface area (Å²) in [6, 6.07) is 17.5. The van der Waals surface area contributed by atoms with Crippen LogP contribution in [-0.2, 0) is 11.3 Å². The first kappa shape index (κ1) is 18.5. The number of hydrogen-bond donors (Lipinski definition) is 1. The van der Waals surface area contributed by atoms with Gasteiger partial charge in [0, 0.05) is 28.6 Å². The highest BCUT2D eigenvalue weighted by atomic mass is 16.2. The van der Waals surface area contributed by atoms with Gasteiger partial charge in [-0.2, -0.15) is 0 Å². The van der Waals surface area contributed by atoms with Gasteiger partial charge in [-0.25, -0.2) is 0 Å². The van der Waals surface area contributed by atoms with Gasteiger partial charge in [0.2, 0.25) is 11.5 Å². The molecule has 0 saturated heterocycles. The number of H-pyrrole nitrogens is 1. The molecule has 0 aliphatic heterocycles. The number of anilines is 1. The van der Waals surface area contributed by atoms with E-state index in [0.29, 0.717) is 6.54 Å². The largest absolute Gasteiger partial charge is 0.322 e. The van der Waals surface area contributed by atoms with Crippen molar-refractivity contribution < 1.29 is 4.79 Å². The lowest BCUT2D eigenvalue weighted by Gasteiger charge is -2.30. The number of carbonyl (C=O) groups is 1. The molecule has 28 heavy (non-hydrogen) atoms. The highest BCUT2D eigenvalue weighted by Gasteiger charge is 2.27. The zero-order chi connectivity index (χ0) is 19.5. The zero-order valence-electron chi connectivity index (χ0n) is 16.3. The van der Waals surface area contributed by atoms with Gasteiger partial charge in [0.15, 0.2) is 0 Å². The molecule has 1 N–H and O–H groups in total. The Morgan fingerprint density at radius 1 is 1.04 bits per heavy atom. The molecule has 144 valence electrons. The summed E-state index contributed by atoms with van der Waals surface area (Å²) < 4.78 is 0. The molecule has 4 heteroatoms. The van der Waals surface area contributed by atoms with E-state index in [0.717, 1.165) is 53.4 Å². The first-order valence-corrected chi connectivity index (χ1v) is 10.1. The number of para-hydroxylation sites is 1. The Labute approximate surface area is 165 Å². The molecule has 4 rings (SSSR count). The number of aromatic nitrogens is 1. The molecule has 0 atom stereocenters. The van der Waals surface area contributed by atoms with Gasteiger partial charge < -0.3 is 9.88 Å². The Morgan fingerprint density at radius 2 is 1.82 bits per heavy atom. The van der Waals surface area contributed by atoms with E-state index in [1.807, 2.05) is 54.3 Å². The molecule has 1 amide bonds. The lowest BCUT2D eigenvalue weighted by Crippen LogP contribution is -2.37. The smallest absolute Gasteiger partial charge is 0.248 e. The van der Waals surface area contributed by atoms with Crippen molar-refractivity contribution in [2.45, 2.75) is 45.6 Å². The second-order valence-electron chi connectivity index (χ2n) is 7.80. The topological polar surface area (TPSA) is 53.2 Å². The molecule has 1 heterocycles. The lowest BCUT2D eigenvalue weighted by atomic mass is 9.88. The molecular weight excluding hydrogens is 348 g/mol. The number of benzene rings is 2. The van der Waals surface area contributed by atoms with E-state index in [2.05, 4.69) is 11.1 Å². The number of fused-ring (bicyclic) bond motifs is 1. The van der Waals surface area contributed by atoms with Crippen molar-refractivity contribution in [2.75, 3.05) is 4.90 Å². The maximum atomic E-state index is 13.5. The van der Waals surface area contributed by atoms with Crippen LogP contribution in [0.5, 0.6) is 0 Å². The van der Waals surface area contributed by atoms with Gasteiger partial charge in [0.25, 0.3) is 0 Å². The van der Waals surface area contributed by atoms with E-state index in [4.69, 9.17) is 0 Å². The third-order valence-corrected chi connectivity index (χ3v) is 5.70. The molecule has 1 fully saturated rings. The summed E-state index contributed by atoms with van der Waals surface area (Å²) >= 11 is 0. The summed E-state index contributed by atoms with van der Waals surface area (Å²) in [6.07, 6.45) is 5.36. The van der Waals surface area contributed by atoms with Crippen molar-refractivity contribution >= 4 is 22.5 Å². The number of aromatic amines is 1. The third-order valence-electron chi connectivity index (χ3n) is 5.70. The van der Waals surface area contributed by atoms with Crippen LogP contribution in [0.2, 0.25) is 0 Å². The summed E-state index contributed by atoms with van der Waals surface area (Å²) in [6.45, 7) is 2.44. The quantitative estimate of drug-likeness (QED) is 0.702. The summed E-state index contributed by atoms with van der Waals surface area (Å²) in [5.41, 5.74) is 3.57. The van der Waals surface area contributed by atoms with Gasteiger partial charge in [-0.15, -0.1) is 0 Å². The van der Waals surface area contributed by atoms with E-state index in [-0.39, 0.29) is 17.4 Å². The second kappa shape index (κ2) is 8.01. The number of nitrogens with one attached hydrogen (secondary N) is 1. The van der Waals surface area contributed by atoms with Crippen LogP contribution in [0.4, 0.5) is 5.69 Å². The molecule has 1 aromatic heterocycles. The van der Waals surface area contributed by atoms with E-state index < -0.39 is 0 Å². The first-order valence-electron chi connectivity index (χ1n) is 10.1. The molecule has 0 radical (unpaired) electrons. The maximum Gasteiger partial charge on any atom is 0.248 e.